The van der Waals surface area contributed by atoms with Crippen LogP contribution in [0.1, 0.15) is 11.1 Å². The van der Waals surface area contributed by atoms with Gasteiger partial charge in [0.2, 0.25) is 0 Å². The van der Waals surface area contributed by atoms with Crippen molar-refractivity contribution < 1.29 is 4.79 Å². The molecule has 0 aliphatic heterocycles. The Morgan fingerprint density at radius 3 is 2.43 bits per heavy atom. The molecule has 2 amide bonds. The zero-order chi connectivity index (χ0) is 15.1. The molecule has 0 heterocycles. The van der Waals surface area contributed by atoms with Crippen molar-refractivity contribution in [1.29, 1.82) is 5.26 Å². The van der Waals surface area contributed by atoms with Crippen LogP contribution in [0.25, 0.3) is 0 Å². The summed E-state index contributed by atoms with van der Waals surface area (Å²) in [5.41, 5.74) is 2.94. The number of rotatable bonds is 4. The number of urea groups is 1. The van der Waals surface area contributed by atoms with Crippen LogP contribution in [-0.2, 0) is 6.54 Å². The van der Waals surface area contributed by atoms with E-state index in [9.17, 15) is 4.79 Å². The molecule has 4 nitrogen and oxygen atoms in total. The minimum atomic E-state index is -0.253. The molecule has 2 aromatic rings. The van der Waals surface area contributed by atoms with Crippen molar-refractivity contribution in [3.63, 3.8) is 0 Å². The second-order valence-electron chi connectivity index (χ2n) is 4.51. The van der Waals surface area contributed by atoms with Gasteiger partial charge in [-0.2, -0.15) is 5.26 Å². The van der Waals surface area contributed by atoms with E-state index in [2.05, 4.69) is 10.6 Å². The molecule has 5 heteroatoms. The summed E-state index contributed by atoms with van der Waals surface area (Å²) in [6, 6.07) is 14.9. The lowest BCUT2D eigenvalue weighted by Crippen LogP contribution is -2.28. The number of hydrogen-bond donors (Lipinski definition) is 2. The summed E-state index contributed by atoms with van der Waals surface area (Å²) in [5, 5.41) is 16.1. The van der Waals surface area contributed by atoms with Crippen molar-refractivity contribution in [2.24, 2.45) is 0 Å². The highest BCUT2D eigenvalue weighted by atomic mass is 32.2. The van der Waals surface area contributed by atoms with E-state index in [1.165, 1.54) is 5.56 Å². The predicted octanol–water partition coefficient (Wildman–Crippen LogP) is 3.89. The molecule has 0 aliphatic rings. The standard InChI is InChI=1S/C16H15N3OS/c1-12-2-4-13(5-3-12)10-18-16(20)19-14-6-8-15(9-7-14)21-11-17/h2-9H,10H2,1H3,(H2,18,19,20). The van der Waals surface area contributed by atoms with Crippen LogP contribution in [0.2, 0.25) is 0 Å². The Morgan fingerprint density at radius 2 is 1.81 bits per heavy atom. The van der Waals surface area contributed by atoms with Gasteiger partial charge in [0.1, 0.15) is 5.40 Å². The molecule has 2 rings (SSSR count). The number of carbonyl (C=O) groups is 1. The maximum atomic E-state index is 11.8. The molecule has 0 bridgehead atoms. The van der Waals surface area contributed by atoms with Crippen LogP contribution in [0.5, 0.6) is 0 Å². The highest BCUT2D eigenvalue weighted by Gasteiger charge is 2.02. The number of hydrogen-bond acceptors (Lipinski definition) is 3. The van der Waals surface area contributed by atoms with Gasteiger partial charge in [-0.25, -0.2) is 4.79 Å². The molecule has 0 spiro atoms. The lowest BCUT2D eigenvalue weighted by Gasteiger charge is -2.08. The molecule has 0 aliphatic carbocycles. The number of amides is 2. The number of thioether (sulfide) groups is 1. The molecule has 0 fully saturated rings. The first kappa shape index (κ1) is 14.9. The van der Waals surface area contributed by atoms with E-state index in [0.29, 0.717) is 12.2 Å². The van der Waals surface area contributed by atoms with Gasteiger partial charge in [0.15, 0.2) is 0 Å². The zero-order valence-corrected chi connectivity index (χ0v) is 12.4. The number of nitrogens with zero attached hydrogens (tertiary/aromatic N) is 1. The van der Waals surface area contributed by atoms with Crippen molar-refractivity contribution >= 4 is 23.5 Å². The molecule has 0 radical (unpaired) electrons. The monoisotopic (exact) mass is 297 g/mol. The maximum Gasteiger partial charge on any atom is 0.319 e. The third kappa shape index (κ3) is 4.86. The highest BCUT2D eigenvalue weighted by Crippen LogP contribution is 2.18. The van der Waals surface area contributed by atoms with Crippen molar-refractivity contribution in [3.8, 4) is 5.40 Å². The SMILES string of the molecule is Cc1ccc(CNC(=O)Nc2ccc(SC#N)cc2)cc1. The molecule has 21 heavy (non-hydrogen) atoms. The maximum absolute atomic E-state index is 11.8. The lowest BCUT2D eigenvalue weighted by molar-refractivity contribution is 0.251. The van der Waals surface area contributed by atoms with Crippen LogP contribution in [0.15, 0.2) is 53.4 Å². The van der Waals surface area contributed by atoms with Gasteiger partial charge < -0.3 is 10.6 Å². The van der Waals surface area contributed by atoms with Crippen LogP contribution in [-0.4, -0.2) is 6.03 Å². The van der Waals surface area contributed by atoms with Crippen LogP contribution in [0, 0.1) is 17.6 Å². The Morgan fingerprint density at radius 1 is 1.14 bits per heavy atom. The molecular formula is C16H15N3OS. The van der Waals surface area contributed by atoms with E-state index < -0.39 is 0 Å². The minimum absolute atomic E-state index is 0.253. The number of thiocyanates is 1. The number of aryl methyl sites for hydroxylation is 1. The Balaban J connectivity index is 1.84. The van der Waals surface area contributed by atoms with Gasteiger partial charge in [-0.05, 0) is 48.5 Å². The number of benzene rings is 2. The highest BCUT2D eigenvalue weighted by molar-refractivity contribution is 8.03. The summed E-state index contributed by atoms with van der Waals surface area (Å²) in [6.07, 6.45) is 0. The van der Waals surface area contributed by atoms with Crippen molar-refractivity contribution in [2.75, 3.05) is 5.32 Å². The molecule has 0 saturated heterocycles. The van der Waals surface area contributed by atoms with Gasteiger partial charge in [0, 0.05) is 17.1 Å². The van der Waals surface area contributed by atoms with Crippen molar-refractivity contribution in [3.05, 3.63) is 59.7 Å². The second-order valence-corrected chi connectivity index (χ2v) is 5.37. The van der Waals surface area contributed by atoms with Crippen molar-refractivity contribution in [2.45, 2.75) is 18.4 Å². The fourth-order valence-electron chi connectivity index (χ4n) is 1.72. The molecule has 2 aromatic carbocycles. The lowest BCUT2D eigenvalue weighted by atomic mass is 10.1. The van der Waals surface area contributed by atoms with Crippen LogP contribution < -0.4 is 10.6 Å². The first-order valence-electron chi connectivity index (χ1n) is 6.44. The van der Waals surface area contributed by atoms with Crippen LogP contribution >= 0.6 is 11.8 Å². The third-order valence-corrected chi connectivity index (χ3v) is 3.45. The summed E-state index contributed by atoms with van der Waals surface area (Å²) in [7, 11) is 0. The number of nitriles is 1. The van der Waals surface area contributed by atoms with Crippen molar-refractivity contribution in [1.82, 2.24) is 5.32 Å². The van der Waals surface area contributed by atoms with Gasteiger partial charge >= 0.3 is 6.03 Å². The Bertz CT molecular complexity index is 645. The van der Waals surface area contributed by atoms with Gasteiger partial charge in [-0.15, -0.1) is 0 Å². The van der Waals surface area contributed by atoms with Crippen LogP contribution in [0.4, 0.5) is 10.5 Å². The average Bonchev–Trinajstić information content (AvgIpc) is 2.49. The second kappa shape index (κ2) is 7.36. The molecule has 106 valence electrons. The van der Waals surface area contributed by atoms with Crippen LogP contribution in [0.3, 0.4) is 0 Å². The molecule has 0 atom stereocenters. The van der Waals surface area contributed by atoms with E-state index in [1.54, 1.807) is 24.3 Å². The van der Waals surface area contributed by atoms with E-state index in [0.717, 1.165) is 22.2 Å². The Labute approximate surface area is 128 Å². The Hall–Kier alpha value is -2.45. The topological polar surface area (TPSA) is 64.9 Å². The average molecular weight is 297 g/mol. The first-order valence-corrected chi connectivity index (χ1v) is 7.25. The third-order valence-electron chi connectivity index (χ3n) is 2.85. The number of carbonyl (C=O) groups excluding carboxylic acids is 1. The van der Waals surface area contributed by atoms with E-state index in [4.69, 9.17) is 5.26 Å². The fourth-order valence-corrected chi connectivity index (χ4v) is 2.10. The summed E-state index contributed by atoms with van der Waals surface area (Å²) in [5.74, 6) is 0. The normalized spacial score (nSPS) is 9.71. The summed E-state index contributed by atoms with van der Waals surface area (Å²) < 4.78 is 0. The van der Waals surface area contributed by atoms with E-state index in [-0.39, 0.29) is 6.03 Å². The van der Waals surface area contributed by atoms with Gasteiger partial charge in [0.05, 0.1) is 0 Å². The zero-order valence-electron chi connectivity index (χ0n) is 11.6. The smallest absolute Gasteiger partial charge is 0.319 e. The summed E-state index contributed by atoms with van der Waals surface area (Å²) >= 11 is 1.09. The van der Waals surface area contributed by atoms with Gasteiger partial charge in [-0.1, -0.05) is 29.8 Å². The van der Waals surface area contributed by atoms with Gasteiger partial charge in [0.25, 0.3) is 0 Å². The first-order chi connectivity index (χ1) is 10.2. The number of anilines is 1. The minimum Gasteiger partial charge on any atom is -0.334 e. The van der Waals surface area contributed by atoms with E-state index >= 15 is 0 Å². The molecule has 0 saturated carbocycles. The summed E-state index contributed by atoms with van der Waals surface area (Å²) in [6.45, 7) is 2.51. The predicted molar refractivity (Wildman–Crippen MR) is 84.9 cm³/mol. The fraction of sp³-hybridized carbons (Fsp3) is 0.125. The molecule has 0 unspecified atom stereocenters. The molecular weight excluding hydrogens is 282 g/mol. The molecule has 2 N–H and O–H groups in total. The quantitative estimate of drug-likeness (QED) is 0.664. The van der Waals surface area contributed by atoms with Gasteiger partial charge in [-0.3, -0.25) is 0 Å². The number of nitrogens with one attached hydrogen (secondary N) is 2. The molecule has 0 aromatic heterocycles. The Kier molecular flexibility index (Phi) is 5.24. The largest absolute Gasteiger partial charge is 0.334 e. The summed E-state index contributed by atoms with van der Waals surface area (Å²) in [4.78, 5) is 12.6. The van der Waals surface area contributed by atoms with E-state index in [1.807, 2.05) is 36.6 Å².